The van der Waals surface area contributed by atoms with Crippen LogP contribution in [0.4, 0.5) is 13.2 Å². The normalized spacial score (nSPS) is 15.5. The van der Waals surface area contributed by atoms with Gasteiger partial charge in [0.15, 0.2) is 5.82 Å². The summed E-state index contributed by atoms with van der Waals surface area (Å²) in [5.41, 5.74) is -0.0471. The molecule has 0 N–H and O–H groups in total. The molecule has 1 aromatic carbocycles. The van der Waals surface area contributed by atoms with Gasteiger partial charge in [-0.15, -0.1) is 10.2 Å². The SMILES string of the molecule is COC(=O)C1CCN(C(=O)/C=C/c2ccc(C(F)(F)F)cc2Cn2nnc(C)n2)CC1. The summed E-state index contributed by atoms with van der Waals surface area (Å²) in [6.07, 6.45) is -0.675. The van der Waals surface area contributed by atoms with E-state index in [4.69, 9.17) is 4.74 Å². The Morgan fingerprint density at radius 3 is 2.55 bits per heavy atom. The Morgan fingerprint density at radius 2 is 1.97 bits per heavy atom. The first-order chi connectivity index (χ1) is 14.7. The highest BCUT2D eigenvalue weighted by atomic mass is 19.4. The lowest BCUT2D eigenvalue weighted by Gasteiger charge is -2.29. The number of halogens is 3. The molecule has 2 aromatic rings. The molecule has 1 aromatic heterocycles. The van der Waals surface area contributed by atoms with Crippen LogP contribution in [0, 0.1) is 12.8 Å². The van der Waals surface area contributed by atoms with Gasteiger partial charge in [-0.05, 0) is 54.3 Å². The molecule has 8 nitrogen and oxygen atoms in total. The van der Waals surface area contributed by atoms with Gasteiger partial charge in [0.05, 0.1) is 25.1 Å². The van der Waals surface area contributed by atoms with Gasteiger partial charge in [0.2, 0.25) is 5.91 Å². The minimum atomic E-state index is -4.50. The quantitative estimate of drug-likeness (QED) is 0.527. The van der Waals surface area contributed by atoms with Crippen LogP contribution in [0.2, 0.25) is 0 Å². The molecule has 0 radical (unpaired) electrons. The lowest BCUT2D eigenvalue weighted by molar-refractivity contribution is -0.148. The zero-order valence-corrected chi connectivity index (χ0v) is 17.1. The monoisotopic (exact) mass is 437 g/mol. The summed E-state index contributed by atoms with van der Waals surface area (Å²) in [6.45, 7) is 2.41. The number of ether oxygens (including phenoxy) is 1. The second-order valence-electron chi connectivity index (χ2n) is 7.23. The van der Waals surface area contributed by atoms with Crippen molar-refractivity contribution in [2.75, 3.05) is 20.2 Å². The van der Waals surface area contributed by atoms with Crippen molar-refractivity contribution in [3.63, 3.8) is 0 Å². The third-order valence-corrected chi connectivity index (χ3v) is 5.08. The number of esters is 1. The van der Waals surface area contributed by atoms with E-state index in [-0.39, 0.29) is 24.3 Å². The molecule has 1 fully saturated rings. The van der Waals surface area contributed by atoms with E-state index in [1.165, 1.54) is 30.1 Å². The molecule has 1 amide bonds. The van der Waals surface area contributed by atoms with E-state index in [1.807, 2.05) is 0 Å². The number of rotatable bonds is 5. The van der Waals surface area contributed by atoms with Crippen LogP contribution in [-0.2, 0) is 27.0 Å². The topological polar surface area (TPSA) is 90.2 Å². The first kappa shape index (κ1) is 22.4. The lowest BCUT2D eigenvalue weighted by Crippen LogP contribution is -2.39. The molecule has 0 aliphatic carbocycles. The van der Waals surface area contributed by atoms with Gasteiger partial charge in [0.25, 0.3) is 0 Å². The van der Waals surface area contributed by atoms with Crippen LogP contribution in [0.25, 0.3) is 6.08 Å². The Bertz CT molecular complexity index is 979. The highest BCUT2D eigenvalue weighted by Gasteiger charge is 2.31. The maximum Gasteiger partial charge on any atom is 0.416 e. The molecule has 3 rings (SSSR count). The molecule has 0 atom stereocenters. The molecule has 166 valence electrons. The Morgan fingerprint density at radius 1 is 1.26 bits per heavy atom. The number of aryl methyl sites for hydroxylation is 1. The number of nitrogens with zero attached hydrogens (tertiary/aromatic N) is 5. The molecule has 11 heteroatoms. The molecule has 1 aliphatic rings. The third kappa shape index (κ3) is 5.68. The van der Waals surface area contributed by atoms with E-state index in [1.54, 1.807) is 11.8 Å². The van der Waals surface area contributed by atoms with Crippen LogP contribution in [0.1, 0.15) is 35.4 Å². The average Bonchev–Trinajstić information content (AvgIpc) is 3.16. The molecule has 1 aliphatic heterocycles. The summed E-state index contributed by atoms with van der Waals surface area (Å²) < 4.78 is 44.2. The molecule has 2 heterocycles. The van der Waals surface area contributed by atoms with Gasteiger partial charge in [-0.3, -0.25) is 9.59 Å². The Hall–Kier alpha value is -3.24. The number of methoxy groups -OCH3 is 1. The number of tetrazole rings is 1. The molecule has 0 unspecified atom stereocenters. The standard InChI is InChI=1S/C20H22F3N5O3/c1-13-24-26-28(25-13)12-16-11-17(20(21,22)23)5-3-14(16)4-6-18(29)27-9-7-15(8-10-27)19(30)31-2/h3-6,11,15H,7-10,12H2,1-2H3/b6-4+. The molecule has 0 bridgehead atoms. The minimum absolute atomic E-state index is 0.0247. The van der Waals surface area contributed by atoms with Gasteiger partial charge in [-0.25, -0.2) is 0 Å². The van der Waals surface area contributed by atoms with Crippen molar-refractivity contribution in [3.05, 3.63) is 46.8 Å². The van der Waals surface area contributed by atoms with Crippen LogP contribution in [-0.4, -0.2) is 57.2 Å². The smallest absolute Gasteiger partial charge is 0.416 e. The van der Waals surface area contributed by atoms with Crippen LogP contribution >= 0.6 is 0 Å². The van der Waals surface area contributed by atoms with E-state index >= 15 is 0 Å². The highest BCUT2D eigenvalue weighted by Crippen LogP contribution is 2.31. The zero-order chi connectivity index (χ0) is 22.6. The molecule has 1 saturated heterocycles. The number of hydrogen-bond donors (Lipinski definition) is 0. The molecule has 31 heavy (non-hydrogen) atoms. The fourth-order valence-electron chi connectivity index (χ4n) is 3.39. The van der Waals surface area contributed by atoms with Crippen LogP contribution in [0.3, 0.4) is 0 Å². The maximum absolute atomic E-state index is 13.2. The highest BCUT2D eigenvalue weighted by molar-refractivity contribution is 5.92. The number of aromatic nitrogens is 4. The Labute approximate surface area is 176 Å². The number of piperidine rings is 1. The average molecular weight is 437 g/mol. The lowest BCUT2D eigenvalue weighted by atomic mass is 9.97. The van der Waals surface area contributed by atoms with Gasteiger partial charge in [0.1, 0.15) is 0 Å². The summed E-state index contributed by atoms with van der Waals surface area (Å²) in [5, 5.41) is 11.5. The summed E-state index contributed by atoms with van der Waals surface area (Å²) in [6, 6.07) is 3.30. The van der Waals surface area contributed by atoms with Crippen LogP contribution in [0.5, 0.6) is 0 Å². The fourth-order valence-corrected chi connectivity index (χ4v) is 3.39. The van der Waals surface area contributed by atoms with E-state index in [9.17, 15) is 22.8 Å². The molecular weight excluding hydrogens is 415 g/mol. The van der Waals surface area contributed by atoms with E-state index in [0.717, 1.165) is 12.1 Å². The van der Waals surface area contributed by atoms with Crippen molar-refractivity contribution < 1.29 is 27.5 Å². The summed E-state index contributed by atoms with van der Waals surface area (Å²) >= 11 is 0. The third-order valence-electron chi connectivity index (χ3n) is 5.08. The van der Waals surface area contributed by atoms with E-state index in [2.05, 4.69) is 15.4 Å². The van der Waals surface area contributed by atoms with Gasteiger partial charge in [-0.2, -0.15) is 18.0 Å². The largest absolute Gasteiger partial charge is 0.469 e. The number of hydrogen-bond acceptors (Lipinski definition) is 6. The van der Waals surface area contributed by atoms with Crippen molar-refractivity contribution >= 4 is 18.0 Å². The second-order valence-corrected chi connectivity index (χ2v) is 7.23. The van der Waals surface area contributed by atoms with Crippen LogP contribution < -0.4 is 0 Å². The van der Waals surface area contributed by atoms with Crippen molar-refractivity contribution in [2.45, 2.75) is 32.5 Å². The number of carbonyl (C=O) groups is 2. The summed E-state index contributed by atoms with van der Waals surface area (Å²) in [4.78, 5) is 26.9. The van der Waals surface area contributed by atoms with Crippen molar-refractivity contribution in [1.82, 2.24) is 25.1 Å². The number of benzene rings is 1. The summed E-state index contributed by atoms with van der Waals surface area (Å²) in [5.74, 6) is -0.384. The second kappa shape index (κ2) is 9.27. The zero-order valence-electron chi connectivity index (χ0n) is 17.1. The number of likely N-dealkylation sites (tertiary alicyclic amines) is 1. The first-order valence-corrected chi connectivity index (χ1v) is 9.66. The van der Waals surface area contributed by atoms with Gasteiger partial charge >= 0.3 is 12.1 Å². The summed E-state index contributed by atoms with van der Waals surface area (Å²) in [7, 11) is 1.33. The van der Waals surface area contributed by atoms with E-state index < -0.39 is 11.7 Å². The van der Waals surface area contributed by atoms with Gasteiger partial charge in [-0.1, -0.05) is 6.07 Å². The van der Waals surface area contributed by atoms with Crippen molar-refractivity contribution in [1.29, 1.82) is 0 Å². The van der Waals surface area contributed by atoms with Crippen molar-refractivity contribution in [2.24, 2.45) is 5.92 Å². The maximum atomic E-state index is 13.2. The minimum Gasteiger partial charge on any atom is -0.469 e. The fraction of sp³-hybridized carbons (Fsp3) is 0.450. The number of alkyl halides is 3. The van der Waals surface area contributed by atoms with Crippen molar-refractivity contribution in [3.8, 4) is 0 Å². The Kier molecular flexibility index (Phi) is 6.71. The van der Waals surface area contributed by atoms with Gasteiger partial charge in [0, 0.05) is 19.2 Å². The number of carbonyl (C=O) groups excluding carboxylic acids is 2. The molecule has 0 spiro atoms. The predicted octanol–water partition coefficient (Wildman–Crippen LogP) is 2.47. The first-order valence-electron chi connectivity index (χ1n) is 9.66. The predicted molar refractivity (Wildman–Crippen MR) is 103 cm³/mol. The Balaban J connectivity index is 1.75. The number of amides is 1. The molecular formula is C20H22F3N5O3. The van der Waals surface area contributed by atoms with E-state index in [0.29, 0.717) is 42.9 Å². The van der Waals surface area contributed by atoms with Crippen LogP contribution in [0.15, 0.2) is 24.3 Å². The van der Waals surface area contributed by atoms with Gasteiger partial charge < -0.3 is 9.64 Å². The molecule has 0 saturated carbocycles.